The van der Waals surface area contributed by atoms with Crippen molar-refractivity contribution in [3.05, 3.63) is 35.4 Å². The molecule has 0 amide bonds. The molecule has 0 saturated carbocycles. The predicted octanol–water partition coefficient (Wildman–Crippen LogP) is 2.82. The summed E-state index contributed by atoms with van der Waals surface area (Å²) in [5, 5.41) is 3.40. The van der Waals surface area contributed by atoms with E-state index >= 15 is 0 Å². The summed E-state index contributed by atoms with van der Waals surface area (Å²) in [4.78, 5) is 2.63. The molecule has 1 aliphatic rings. The van der Waals surface area contributed by atoms with E-state index in [4.69, 9.17) is 0 Å². The number of rotatable bonds is 6. The highest BCUT2D eigenvalue weighted by atomic mass is 15.2. The van der Waals surface area contributed by atoms with Gasteiger partial charge in [-0.3, -0.25) is 4.90 Å². The van der Waals surface area contributed by atoms with Gasteiger partial charge in [0.1, 0.15) is 0 Å². The van der Waals surface area contributed by atoms with E-state index in [9.17, 15) is 0 Å². The third-order valence-electron chi connectivity index (χ3n) is 4.01. The molecule has 18 heavy (non-hydrogen) atoms. The van der Waals surface area contributed by atoms with Gasteiger partial charge in [-0.1, -0.05) is 31.2 Å². The average Bonchev–Trinajstić information content (AvgIpc) is 2.43. The van der Waals surface area contributed by atoms with E-state index in [1.165, 1.54) is 31.4 Å². The van der Waals surface area contributed by atoms with E-state index in [1.807, 2.05) is 0 Å². The maximum atomic E-state index is 3.40. The smallest absolute Gasteiger partial charge is 0.0239 e. The molecule has 2 rings (SSSR count). The van der Waals surface area contributed by atoms with Crippen LogP contribution >= 0.6 is 0 Å². The number of nitrogens with zero attached hydrogens (tertiary/aromatic N) is 1. The second-order valence-corrected chi connectivity index (χ2v) is 5.33. The third-order valence-corrected chi connectivity index (χ3v) is 4.01. The van der Waals surface area contributed by atoms with E-state index in [-0.39, 0.29) is 0 Å². The van der Waals surface area contributed by atoms with Crippen LogP contribution in [0.1, 0.15) is 37.8 Å². The normalized spacial score (nSPS) is 17.4. The van der Waals surface area contributed by atoms with Crippen molar-refractivity contribution < 1.29 is 0 Å². The van der Waals surface area contributed by atoms with E-state index in [0.717, 1.165) is 19.6 Å². The van der Waals surface area contributed by atoms with Crippen LogP contribution in [0.4, 0.5) is 0 Å². The second-order valence-electron chi connectivity index (χ2n) is 5.33. The highest BCUT2D eigenvalue weighted by Gasteiger charge is 2.19. The SMILES string of the molecule is CCNCCCC(C)N1CCc2ccccc2C1. The Morgan fingerprint density at radius 2 is 2.06 bits per heavy atom. The lowest BCUT2D eigenvalue weighted by atomic mass is 9.98. The zero-order chi connectivity index (χ0) is 12.8. The molecule has 0 radical (unpaired) electrons. The quantitative estimate of drug-likeness (QED) is 0.777. The zero-order valence-corrected chi connectivity index (χ0v) is 11.8. The van der Waals surface area contributed by atoms with Crippen LogP contribution in [-0.4, -0.2) is 30.6 Å². The second kappa shape index (κ2) is 6.91. The molecule has 2 nitrogen and oxygen atoms in total. The first-order chi connectivity index (χ1) is 8.81. The summed E-state index contributed by atoms with van der Waals surface area (Å²) in [5.41, 5.74) is 3.08. The maximum Gasteiger partial charge on any atom is 0.0239 e. The van der Waals surface area contributed by atoms with Crippen LogP contribution in [0.15, 0.2) is 24.3 Å². The Hall–Kier alpha value is -0.860. The minimum Gasteiger partial charge on any atom is -0.317 e. The first-order valence-electron chi connectivity index (χ1n) is 7.32. The number of nitrogens with one attached hydrogen (secondary N) is 1. The highest BCUT2D eigenvalue weighted by Crippen LogP contribution is 2.21. The lowest BCUT2D eigenvalue weighted by Crippen LogP contribution is -2.37. The Morgan fingerprint density at radius 1 is 1.28 bits per heavy atom. The molecular weight excluding hydrogens is 220 g/mol. The Bertz CT molecular complexity index is 362. The van der Waals surface area contributed by atoms with Crippen LogP contribution in [0.2, 0.25) is 0 Å². The lowest BCUT2D eigenvalue weighted by Gasteiger charge is -2.33. The summed E-state index contributed by atoms with van der Waals surface area (Å²) >= 11 is 0. The Morgan fingerprint density at radius 3 is 2.83 bits per heavy atom. The molecule has 1 aromatic carbocycles. The summed E-state index contributed by atoms with van der Waals surface area (Å²) in [6.07, 6.45) is 3.80. The molecular formula is C16H26N2. The van der Waals surface area contributed by atoms with Gasteiger partial charge in [0.25, 0.3) is 0 Å². The van der Waals surface area contributed by atoms with Gasteiger partial charge < -0.3 is 5.32 Å². The van der Waals surface area contributed by atoms with Gasteiger partial charge in [0.05, 0.1) is 0 Å². The predicted molar refractivity (Wildman–Crippen MR) is 77.8 cm³/mol. The molecule has 100 valence electrons. The van der Waals surface area contributed by atoms with Crippen molar-refractivity contribution in [2.24, 2.45) is 0 Å². The fraction of sp³-hybridized carbons (Fsp3) is 0.625. The van der Waals surface area contributed by atoms with E-state index in [1.54, 1.807) is 5.56 Å². The molecule has 1 N–H and O–H groups in total. The molecule has 0 fully saturated rings. The Labute approximate surface area is 111 Å². The monoisotopic (exact) mass is 246 g/mol. The number of benzene rings is 1. The molecule has 1 unspecified atom stereocenters. The zero-order valence-electron chi connectivity index (χ0n) is 11.8. The van der Waals surface area contributed by atoms with Gasteiger partial charge >= 0.3 is 0 Å². The number of fused-ring (bicyclic) bond motifs is 1. The maximum absolute atomic E-state index is 3.40. The summed E-state index contributed by atoms with van der Waals surface area (Å²) in [7, 11) is 0. The molecule has 2 heteroatoms. The lowest BCUT2D eigenvalue weighted by molar-refractivity contribution is 0.180. The van der Waals surface area contributed by atoms with Crippen LogP contribution in [0.3, 0.4) is 0 Å². The molecule has 1 aliphatic heterocycles. The van der Waals surface area contributed by atoms with Crippen molar-refractivity contribution in [2.75, 3.05) is 19.6 Å². The van der Waals surface area contributed by atoms with Gasteiger partial charge in [-0.15, -0.1) is 0 Å². The minimum absolute atomic E-state index is 0.706. The average molecular weight is 246 g/mol. The minimum atomic E-state index is 0.706. The number of hydrogen-bond acceptors (Lipinski definition) is 2. The van der Waals surface area contributed by atoms with Crippen molar-refractivity contribution in [1.29, 1.82) is 0 Å². The van der Waals surface area contributed by atoms with Crippen molar-refractivity contribution in [1.82, 2.24) is 10.2 Å². The summed E-state index contributed by atoms with van der Waals surface area (Å²) in [6.45, 7) is 9.15. The first-order valence-corrected chi connectivity index (χ1v) is 7.32. The van der Waals surface area contributed by atoms with Gasteiger partial charge in [0.2, 0.25) is 0 Å². The first kappa shape index (κ1) is 13.6. The molecule has 0 bridgehead atoms. The number of hydrogen-bond donors (Lipinski definition) is 1. The fourth-order valence-corrected chi connectivity index (χ4v) is 2.78. The topological polar surface area (TPSA) is 15.3 Å². The Kier molecular flexibility index (Phi) is 5.21. The van der Waals surface area contributed by atoms with E-state index in [2.05, 4.69) is 48.3 Å². The fourth-order valence-electron chi connectivity index (χ4n) is 2.78. The molecule has 1 heterocycles. The van der Waals surface area contributed by atoms with Crippen molar-refractivity contribution in [3.63, 3.8) is 0 Å². The van der Waals surface area contributed by atoms with Crippen LogP contribution in [0, 0.1) is 0 Å². The van der Waals surface area contributed by atoms with Crippen molar-refractivity contribution in [2.45, 2.75) is 45.7 Å². The van der Waals surface area contributed by atoms with Gasteiger partial charge in [-0.2, -0.15) is 0 Å². The van der Waals surface area contributed by atoms with Crippen LogP contribution in [0.25, 0.3) is 0 Å². The standard InChI is InChI=1S/C16H26N2/c1-3-17-11-6-7-14(2)18-12-10-15-8-4-5-9-16(15)13-18/h4-5,8-9,14,17H,3,6-7,10-13H2,1-2H3. The molecule has 0 aromatic heterocycles. The van der Waals surface area contributed by atoms with Gasteiger partial charge in [0.15, 0.2) is 0 Å². The Balaban J connectivity index is 1.81. The van der Waals surface area contributed by atoms with Gasteiger partial charge in [-0.25, -0.2) is 0 Å². The van der Waals surface area contributed by atoms with Crippen molar-refractivity contribution >= 4 is 0 Å². The van der Waals surface area contributed by atoms with Gasteiger partial charge in [0, 0.05) is 19.1 Å². The van der Waals surface area contributed by atoms with E-state index in [0.29, 0.717) is 6.04 Å². The van der Waals surface area contributed by atoms with Crippen molar-refractivity contribution in [3.8, 4) is 0 Å². The van der Waals surface area contributed by atoms with Crippen LogP contribution < -0.4 is 5.32 Å². The van der Waals surface area contributed by atoms with E-state index < -0.39 is 0 Å². The van der Waals surface area contributed by atoms with Crippen LogP contribution in [0.5, 0.6) is 0 Å². The highest BCUT2D eigenvalue weighted by molar-refractivity contribution is 5.29. The van der Waals surface area contributed by atoms with Gasteiger partial charge in [-0.05, 0) is 50.4 Å². The molecule has 1 atom stereocenters. The molecule has 0 saturated heterocycles. The largest absolute Gasteiger partial charge is 0.317 e. The molecule has 1 aromatic rings. The third kappa shape index (κ3) is 3.56. The summed E-state index contributed by atoms with van der Waals surface area (Å²) in [6, 6.07) is 9.60. The summed E-state index contributed by atoms with van der Waals surface area (Å²) in [5.74, 6) is 0. The molecule has 0 spiro atoms. The molecule has 0 aliphatic carbocycles. The van der Waals surface area contributed by atoms with Crippen LogP contribution in [-0.2, 0) is 13.0 Å². The summed E-state index contributed by atoms with van der Waals surface area (Å²) < 4.78 is 0.